The Morgan fingerprint density at radius 2 is 1.67 bits per heavy atom. The van der Waals surface area contributed by atoms with Gasteiger partial charge in [0.2, 0.25) is 0 Å². The average Bonchev–Trinajstić information content (AvgIpc) is 2.38. The molecule has 6 heteroatoms. The van der Waals surface area contributed by atoms with Crippen molar-refractivity contribution in [2.45, 2.75) is 51.0 Å². The summed E-state index contributed by atoms with van der Waals surface area (Å²) in [6, 6.07) is 0. The minimum absolute atomic E-state index is 0.159. The van der Waals surface area contributed by atoms with E-state index in [1.54, 1.807) is 27.5 Å². The lowest BCUT2D eigenvalue weighted by Crippen LogP contribution is -2.59. The maximum Gasteiger partial charge on any atom is 0.256 e. The van der Waals surface area contributed by atoms with Gasteiger partial charge in [-0.3, -0.25) is 0 Å². The third kappa shape index (κ3) is 3.41. The van der Waals surface area contributed by atoms with Gasteiger partial charge in [-0.05, 0) is 13.3 Å². The van der Waals surface area contributed by atoms with E-state index in [1.165, 1.54) is 0 Å². The molecule has 0 amide bonds. The van der Waals surface area contributed by atoms with Crippen LogP contribution < -0.4 is 0 Å². The second kappa shape index (κ2) is 7.68. The van der Waals surface area contributed by atoms with Crippen LogP contribution >= 0.6 is 0 Å². The Bertz CT molecular complexity index is 261. The van der Waals surface area contributed by atoms with Gasteiger partial charge >= 0.3 is 0 Å². The molecule has 0 spiro atoms. The maximum atomic E-state index is 5.71. The summed E-state index contributed by atoms with van der Waals surface area (Å²) in [7, 11) is 4.83. The van der Waals surface area contributed by atoms with Crippen molar-refractivity contribution in [3.05, 3.63) is 0 Å². The molecular formula is C12H23NO5. The first-order valence-electron chi connectivity index (χ1n) is 6.11. The van der Waals surface area contributed by atoms with Crippen molar-refractivity contribution in [2.75, 3.05) is 21.3 Å². The van der Waals surface area contributed by atoms with Crippen molar-refractivity contribution in [2.24, 2.45) is 5.16 Å². The van der Waals surface area contributed by atoms with Gasteiger partial charge in [-0.15, -0.1) is 0 Å². The number of methoxy groups -OCH3 is 3. The maximum absolute atomic E-state index is 5.71. The summed E-state index contributed by atoms with van der Waals surface area (Å²) in [6.07, 6.45) is 0.877. The molecule has 1 aliphatic rings. The summed E-state index contributed by atoms with van der Waals surface area (Å²) in [5.41, 5.74) is 0. The molecule has 0 radical (unpaired) electrons. The smallest absolute Gasteiger partial charge is 0.256 e. The van der Waals surface area contributed by atoms with Crippen LogP contribution in [0.4, 0.5) is 0 Å². The van der Waals surface area contributed by atoms with Crippen molar-refractivity contribution in [3.63, 3.8) is 0 Å². The van der Waals surface area contributed by atoms with Crippen molar-refractivity contribution in [1.29, 1.82) is 0 Å². The molecule has 3 unspecified atom stereocenters. The second-order valence-electron chi connectivity index (χ2n) is 4.11. The zero-order valence-corrected chi connectivity index (χ0v) is 11.7. The Morgan fingerprint density at radius 1 is 1.06 bits per heavy atom. The summed E-state index contributed by atoms with van der Waals surface area (Å²) in [5, 5.41) is 3.84. The Morgan fingerprint density at radius 3 is 2.17 bits per heavy atom. The first kappa shape index (κ1) is 15.4. The number of oxime groups is 1. The van der Waals surface area contributed by atoms with Gasteiger partial charge < -0.3 is 23.8 Å². The lowest BCUT2D eigenvalue weighted by atomic mass is 9.99. The Labute approximate surface area is 108 Å². The molecule has 18 heavy (non-hydrogen) atoms. The van der Waals surface area contributed by atoms with E-state index in [-0.39, 0.29) is 24.4 Å². The zero-order chi connectivity index (χ0) is 13.5. The summed E-state index contributed by atoms with van der Waals surface area (Å²) in [6.45, 7) is 3.88. The molecule has 0 N–H and O–H groups in total. The Kier molecular flexibility index (Phi) is 6.56. The SMILES string of the molecule is CC/C=N/O[C@@H]1OC(C)[C@H](OC)C(OC)C1OC. The molecule has 0 aromatic heterocycles. The van der Waals surface area contributed by atoms with Crippen LogP contribution in [0.5, 0.6) is 0 Å². The molecule has 1 rings (SSSR count). The van der Waals surface area contributed by atoms with Gasteiger partial charge in [0.1, 0.15) is 12.2 Å². The molecule has 1 aliphatic heterocycles. The van der Waals surface area contributed by atoms with E-state index < -0.39 is 6.29 Å². The van der Waals surface area contributed by atoms with E-state index >= 15 is 0 Å². The standard InChI is InChI=1S/C12H23NO5/c1-6-7-13-18-12-11(16-5)10(15-4)9(14-3)8(2)17-12/h7-12H,6H2,1-5H3/b13-7+/t8?,9-,10?,11?,12-/m0/s1. The molecule has 0 aliphatic carbocycles. The van der Waals surface area contributed by atoms with Crippen molar-refractivity contribution in [1.82, 2.24) is 0 Å². The number of hydrogen-bond acceptors (Lipinski definition) is 6. The monoisotopic (exact) mass is 261 g/mol. The van der Waals surface area contributed by atoms with Crippen LogP contribution in [-0.4, -0.2) is 58.2 Å². The van der Waals surface area contributed by atoms with Crippen molar-refractivity contribution >= 4 is 6.21 Å². The first-order chi connectivity index (χ1) is 8.69. The molecule has 0 bridgehead atoms. The summed E-state index contributed by atoms with van der Waals surface area (Å²) >= 11 is 0. The number of nitrogens with zero attached hydrogens (tertiary/aromatic N) is 1. The molecular weight excluding hydrogens is 238 g/mol. The largest absolute Gasteiger partial charge is 0.376 e. The van der Waals surface area contributed by atoms with Crippen molar-refractivity contribution in [3.8, 4) is 0 Å². The van der Waals surface area contributed by atoms with Crippen LogP contribution in [0, 0.1) is 0 Å². The molecule has 1 heterocycles. The lowest BCUT2D eigenvalue weighted by molar-refractivity contribution is -0.305. The van der Waals surface area contributed by atoms with E-state index in [1.807, 2.05) is 13.8 Å². The Balaban J connectivity index is 2.76. The second-order valence-corrected chi connectivity index (χ2v) is 4.11. The van der Waals surface area contributed by atoms with Gasteiger partial charge in [-0.1, -0.05) is 12.1 Å². The average molecular weight is 261 g/mol. The van der Waals surface area contributed by atoms with Gasteiger partial charge in [0.05, 0.1) is 6.10 Å². The fourth-order valence-electron chi connectivity index (χ4n) is 2.08. The van der Waals surface area contributed by atoms with Crippen LogP contribution in [-0.2, 0) is 23.8 Å². The molecule has 6 nitrogen and oxygen atoms in total. The van der Waals surface area contributed by atoms with Crippen molar-refractivity contribution < 1.29 is 23.8 Å². The van der Waals surface area contributed by atoms with E-state index in [0.717, 1.165) is 6.42 Å². The van der Waals surface area contributed by atoms with Gasteiger partial charge in [0.15, 0.2) is 6.10 Å². The highest BCUT2D eigenvalue weighted by Gasteiger charge is 2.46. The van der Waals surface area contributed by atoms with Crippen LogP contribution in [0.1, 0.15) is 20.3 Å². The number of rotatable bonds is 6. The summed E-state index contributed by atoms with van der Waals surface area (Å²) in [4.78, 5) is 5.31. The third-order valence-corrected chi connectivity index (χ3v) is 2.97. The topological polar surface area (TPSA) is 58.5 Å². The predicted octanol–water partition coefficient (Wildman–Crippen LogP) is 1.19. The minimum atomic E-state index is -0.593. The van der Waals surface area contributed by atoms with E-state index in [0.29, 0.717) is 0 Å². The van der Waals surface area contributed by atoms with E-state index in [9.17, 15) is 0 Å². The van der Waals surface area contributed by atoms with Crippen LogP contribution in [0.2, 0.25) is 0 Å². The predicted molar refractivity (Wildman–Crippen MR) is 66.6 cm³/mol. The molecule has 1 fully saturated rings. The first-order valence-corrected chi connectivity index (χ1v) is 6.11. The third-order valence-electron chi connectivity index (χ3n) is 2.97. The highest BCUT2D eigenvalue weighted by Crippen LogP contribution is 2.27. The fourth-order valence-corrected chi connectivity index (χ4v) is 2.08. The Hall–Kier alpha value is -0.690. The van der Waals surface area contributed by atoms with E-state index in [4.69, 9.17) is 23.8 Å². The molecule has 0 saturated carbocycles. The summed E-state index contributed by atoms with van der Waals surface area (Å²) in [5.74, 6) is 0. The number of ether oxygens (including phenoxy) is 4. The molecule has 1 saturated heterocycles. The summed E-state index contributed by atoms with van der Waals surface area (Å²) < 4.78 is 21.9. The molecule has 5 atom stereocenters. The van der Waals surface area contributed by atoms with Gasteiger partial charge in [0, 0.05) is 27.5 Å². The fraction of sp³-hybridized carbons (Fsp3) is 0.917. The normalized spacial score (nSPS) is 37.1. The highest BCUT2D eigenvalue weighted by atomic mass is 16.8. The zero-order valence-electron chi connectivity index (χ0n) is 11.7. The van der Waals surface area contributed by atoms with Crippen LogP contribution in [0.25, 0.3) is 0 Å². The molecule has 0 aromatic carbocycles. The quantitative estimate of drug-likeness (QED) is 0.531. The van der Waals surface area contributed by atoms with Gasteiger partial charge in [-0.2, -0.15) is 0 Å². The minimum Gasteiger partial charge on any atom is -0.376 e. The molecule has 0 aromatic rings. The van der Waals surface area contributed by atoms with E-state index in [2.05, 4.69) is 5.16 Å². The van der Waals surface area contributed by atoms with Crippen LogP contribution in [0.3, 0.4) is 0 Å². The van der Waals surface area contributed by atoms with Gasteiger partial charge in [-0.25, -0.2) is 0 Å². The van der Waals surface area contributed by atoms with Gasteiger partial charge in [0.25, 0.3) is 6.29 Å². The lowest BCUT2D eigenvalue weighted by Gasteiger charge is -2.42. The number of hydrogen-bond donors (Lipinski definition) is 0. The van der Waals surface area contributed by atoms with Crippen LogP contribution in [0.15, 0.2) is 5.16 Å². The highest BCUT2D eigenvalue weighted by molar-refractivity contribution is 5.55. The molecule has 106 valence electrons.